The number of benzene rings is 2. The Morgan fingerprint density at radius 1 is 1.00 bits per heavy atom. The first-order valence-electron chi connectivity index (χ1n) is 6.81. The molecule has 1 aliphatic carbocycles. The highest BCUT2D eigenvalue weighted by Gasteiger charge is 2.32. The third kappa shape index (κ3) is 2.95. The lowest BCUT2D eigenvalue weighted by Gasteiger charge is -2.20. The quantitative estimate of drug-likeness (QED) is 0.835. The molecule has 1 saturated carbocycles. The molecule has 0 bridgehead atoms. The minimum atomic E-state index is -0.173. The van der Waals surface area contributed by atoms with E-state index in [0.29, 0.717) is 12.0 Å². The molecule has 0 spiro atoms. The molecule has 0 amide bonds. The molecule has 1 N–H and O–H groups in total. The third-order valence-electron chi connectivity index (χ3n) is 3.70. The highest BCUT2D eigenvalue weighted by Crippen LogP contribution is 2.42. The van der Waals surface area contributed by atoms with Crippen LogP contribution in [0, 0.1) is 18.7 Å². The largest absolute Gasteiger partial charge is 0.378 e. The van der Waals surface area contributed by atoms with E-state index in [1.165, 1.54) is 24.0 Å². The molecule has 0 heterocycles. The van der Waals surface area contributed by atoms with Gasteiger partial charge in [-0.25, -0.2) is 4.39 Å². The Balaban J connectivity index is 1.81. The van der Waals surface area contributed by atoms with Crippen molar-refractivity contribution in [1.82, 2.24) is 0 Å². The average molecular weight is 255 g/mol. The number of hydrogen-bond donors (Lipinski definition) is 1. The molecule has 1 fully saturated rings. The van der Waals surface area contributed by atoms with Gasteiger partial charge in [0.1, 0.15) is 5.82 Å². The molecule has 2 aromatic rings. The molecule has 1 nitrogen and oxygen atoms in total. The van der Waals surface area contributed by atoms with Crippen molar-refractivity contribution in [3.63, 3.8) is 0 Å². The standard InChI is InChI=1S/C17H18FN/c1-12-2-10-16(11-3-12)19-17(13-4-5-13)14-6-8-15(18)9-7-14/h2-3,6-11,13,17,19H,4-5H2,1H3. The number of halogens is 1. The van der Waals surface area contributed by atoms with E-state index >= 15 is 0 Å². The van der Waals surface area contributed by atoms with Gasteiger partial charge in [-0.1, -0.05) is 29.8 Å². The first-order valence-corrected chi connectivity index (χ1v) is 6.81. The van der Waals surface area contributed by atoms with Crippen LogP contribution in [0.1, 0.15) is 30.0 Å². The van der Waals surface area contributed by atoms with Gasteiger partial charge in [0.05, 0.1) is 6.04 Å². The van der Waals surface area contributed by atoms with Crippen LogP contribution >= 0.6 is 0 Å². The summed E-state index contributed by atoms with van der Waals surface area (Å²) >= 11 is 0. The van der Waals surface area contributed by atoms with E-state index in [1.807, 2.05) is 12.1 Å². The molecule has 3 rings (SSSR count). The SMILES string of the molecule is Cc1ccc(NC(c2ccc(F)cc2)C2CC2)cc1. The molecule has 0 radical (unpaired) electrons. The summed E-state index contributed by atoms with van der Waals surface area (Å²) in [5, 5.41) is 3.58. The predicted octanol–water partition coefficient (Wildman–Crippen LogP) is 4.70. The first kappa shape index (κ1) is 12.2. The Morgan fingerprint density at radius 3 is 2.21 bits per heavy atom. The molecule has 2 aromatic carbocycles. The summed E-state index contributed by atoms with van der Waals surface area (Å²) in [5.41, 5.74) is 3.56. The Morgan fingerprint density at radius 2 is 1.63 bits per heavy atom. The summed E-state index contributed by atoms with van der Waals surface area (Å²) in [7, 11) is 0. The van der Waals surface area contributed by atoms with Crippen LogP contribution in [0.5, 0.6) is 0 Å². The monoisotopic (exact) mass is 255 g/mol. The van der Waals surface area contributed by atoms with Crippen molar-refractivity contribution >= 4 is 5.69 Å². The zero-order chi connectivity index (χ0) is 13.2. The maximum atomic E-state index is 13.0. The summed E-state index contributed by atoms with van der Waals surface area (Å²) in [6.07, 6.45) is 2.50. The number of nitrogens with one attached hydrogen (secondary N) is 1. The van der Waals surface area contributed by atoms with Crippen LogP contribution in [-0.4, -0.2) is 0 Å². The van der Waals surface area contributed by atoms with Crippen LogP contribution in [0.3, 0.4) is 0 Å². The first-order chi connectivity index (χ1) is 9.22. The lowest BCUT2D eigenvalue weighted by atomic mass is 10.0. The molecular formula is C17H18FN. The molecule has 0 aliphatic heterocycles. The maximum absolute atomic E-state index is 13.0. The van der Waals surface area contributed by atoms with Crippen molar-refractivity contribution in [3.8, 4) is 0 Å². The van der Waals surface area contributed by atoms with E-state index < -0.39 is 0 Å². The van der Waals surface area contributed by atoms with E-state index in [4.69, 9.17) is 0 Å². The fourth-order valence-corrected chi connectivity index (χ4v) is 2.40. The highest BCUT2D eigenvalue weighted by molar-refractivity contribution is 5.47. The molecule has 1 aliphatic rings. The van der Waals surface area contributed by atoms with Gasteiger partial charge in [0.25, 0.3) is 0 Å². The van der Waals surface area contributed by atoms with Gasteiger partial charge in [0.15, 0.2) is 0 Å². The number of rotatable bonds is 4. The van der Waals surface area contributed by atoms with E-state index in [2.05, 4.69) is 36.5 Å². The van der Waals surface area contributed by atoms with Gasteiger partial charge in [-0.15, -0.1) is 0 Å². The summed E-state index contributed by atoms with van der Waals surface area (Å²) in [6.45, 7) is 2.09. The van der Waals surface area contributed by atoms with Crippen molar-refractivity contribution < 1.29 is 4.39 Å². The van der Waals surface area contributed by atoms with E-state index in [1.54, 1.807) is 12.1 Å². The van der Waals surface area contributed by atoms with Crippen molar-refractivity contribution in [2.24, 2.45) is 5.92 Å². The number of anilines is 1. The minimum absolute atomic E-state index is 0.173. The predicted molar refractivity (Wildman–Crippen MR) is 76.7 cm³/mol. The Hall–Kier alpha value is -1.83. The van der Waals surface area contributed by atoms with E-state index in [9.17, 15) is 4.39 Å². The molecular weight excluding hydrogens is 237 g/mol. The van der Waals surface area contributed by atoms with Crippen LogP contribution < -0.4 is 5.32 Å². The molecule has 0 aromatic heterocycles. The molecule has 1 atom stereocenters. The van der Waals surface area contributed by atoms with Crippen LogP contribution in [0.15, 0.2) is 48.5 Å². The van der Waals surface area contributed by atoms with Gasteiger partial charge < -0.3 is 5.32 Å². The van der Waals surface area contributed by atoms with Crippen LogP contribution in [0.25, 0.3) is 0 Å². The average Bonchev–Trinajstić information content (AvgIpc) is 3.24. The fourth-order valence-electron chi connectivity index (χ4n) is 2.40. The zero-order valence-corrected chi connectivity index (χ0v) is 11.1. The fraction of sp³-hybridized carbons (Fsp3) is 0.294. The van der Waals surface area contributed by atoms with Crippen molar-refractivity contribution in [1.29, 1.82) is 0 Å². The lowest BCUT2D eigenvalue weighted by Crippen LogP contribution is -2.12. The molecule has 2 heteroatoms. The van der Waals surface area contributed by atoms with Gasteiger partial charge >= 0.3 is 0 Å². The molecule has 19 heavy (non-hydrogen) atoms. The molecule has 98 valence electrons. The number of aryl methyl sites for hydroxylation is 1. The van der Waals surface area contributed by atoms with Crippen LogP contribution in [-0.2, 0) is 0 Å². The Kier molecular flexibility index (Phi) is 3.24. The lowest BCUT2D eigenvalue weighted by molar-refractivity contribution is 0.622. The normalized spacial score (nSPS) is 16.1. The van der Waals surface area contributed by atoms with Gasteiger partial charge in [-0.2, -0.15) is 0 Å². The second-order valence-corrected chi connectivity index (χ2v) is 5.38. The summed E-state index contributed by atoms with van der Waals surface area (Å²) < 4.78 is 13.0. The van der Waals surface area contributed by atoms with Crippen molar-refractivity contribution in [3.05, 3.63) is 65.5 Å². The summed E-state index contributed by atoms with van der Waals surface area (Å²) in [6, 6.07) is 15.6. The smallest absolute Gasteiger partial charge is 0.123 e. The van der Waals surface area contributed by atoms with Crippen molar-refractivity contribution in [2.75, 3.05) is 5.32 Å². The van der Waals surface area contributed by atoms with Gasteiger partial charge in [-0.3, -0.25) is 0 Å². The Labute approximate surface area is 113 Å². The van der Waals surface area contributed by atoms with Gasteiger partial charge in [0, 0.05) is 5.69 Å². The molecule has 0 saturated heterocycles. The topological polar surface area (TPSA) is 12.0 Å². The zero-order valence-electron chi connectivity index (χ0n) is 11.1. The second kappa shape index (κ2) is 5.04. The maximum Gasteiger partial charge on any atom is 0.123 e. The van der Waals surface area contributed by atoms with E-state index in [0.717, 1.165) is 5.69 Å². The van der Waals surface area contributed by atoms with Crippen molar-refractivity contribution in [2.45, 2.75) is 25.8 Å². The summed E-state index contributed by atoms with van der Waals surface area (Å²) in [4.78, 5) is 0. The second-order valence-electron chi connectivity index (χ2n) is 5.38. The van der Waals surface area contributed by atoms with E-state index in [-0.39, 0.29) is 5.82 Å². The van der Waals surface area contributed by atoms with Crippen LogP contribution in [0.2, 0.25) is 0 Å². The van der Waals surface area contributed by atoms with Gasteiger partial charge in [-0.05, 0) is 55.5 Å². The minimum Gasteiger partial charge on any atom is -0.378 e. The summed E-state index contributed by atoms with van der Waals surface area (Å²) in [5.74, 6) is 0.500. The Bertz CT molecular complexity index is 540. The highest BCUT2D eigenvalue weighted by atomic mass is 19.1. The van der Waals surface area contributed by atoms with Crippen LogP contribution in [0.4, 0.5) is 10.1 Å². The third-order valence-corrected chi connectivity index (χ3v) is 3.70. The van der Waals surface area contributed by atoms with Gasteiger partial charge in [0.2, 0.25) is 0 Å². The molecule has 1 unspecified atom stereocenters. The number of hydrogen-bond acceptors (Lipinski definition) is 1.